The van der Waals surface area contributed by atoms with E-state index in [2.05, 4.69) is 66.4 Å². The van der Waals surface area contributed by atoms with E-state index in [-0.39, 0.29) is 0 Å². The molecule has 126 valence electrons. The minimum atomic E-state index is -0.658. The summed E-state index contributed by atoms with van der Waals surface area (Å²) in [6.45, 7) is 3.14. The van der Waals surface area contributed by atoms with E-state index >= 15 is 0 Å². The molecular formula is C22H27NO. The quantitative estimate of drug-likeness (QED) is 0.906. The second-order valence-electron chi connectivity index (χ2n) is 7.65. The Hall–Kier alpha value is -1.64. The average Bonchev–Trinajstić information content (AvgIpc) is 2.57. The standard InChI is InChI=1S/C22H27NO/c1-17-8-5-6-13-21(17)22(24)14-19-11-7-12-20(15-22)23(19)16-18-9-3-2-4-10-18/h2-6,8-10,13,19-20,24H,7,11-12,14-16H2,1H3. The molecule has 2 heteroatoms. The highest BCUT2D eigenvalue weighted by atomic mass is 16.3. The first-order valence-corrected chi connectivity index (χ1v) is 9.24. The summed E-state index contributed by atoms with van der Waals surface area (Å²) in [5.41, 5.74) is 3.08. The van der Waals surface area contributed by atoms with Crippen LogP contribution in [0.4, 0.5) is 0 Å². The molecule has 0 spiro atoms. The highest BCUT2D eigenvalue weighted by Crippen LogP contribution is 2.45. The number of aryl methyl sites for hydroxylation is 1. The maximum atomic E-state index is 11.5. The second kappa shape index (κ2) is 6.34. The number of fused-ring (bicyclic) bond motifs is 2. The van der Waals surface area contributed by atoms with Crippen LogP contribution >= 0.6 is 0 Å². The third-order valence-electron chi connectivity index (χ3n) is 6.01. The van der Waals surface area contributed by atoms with Crippen molar-refractivity contribution < 1.29 is 5.11 Å². The van der Waals surface area contributed by atoms with Crippen LogP contribution in [-0.2, 0) is 12.1 Å². The first kappa shape index (κ1) is 15.9. The largest absolute Gasteiger partial charge is 0.385 e. The number of rotatable bonds is 3. The Balaban J connectivity index is 1.60. The number of piperidine rings is 2. The average molecular weight is 321 g/mol. The summed E-state index contributed by atoms with van der Waals surface area (Å²) in [4.78, 5) is 2.66. The van der Waals surface area contributed by atoms with Gasteiger partial charge in [-0.25, -0.2) is 0 Å². The molecule has 1 N–H and O–H groups in total. The molecule has 4 rings (SSSR count). The third kappa shape index (κ3) is 2.89. The van der Waals surface area contributed by atoms with E-state index in [0.29, 0.717) is 12.1 Å². The number of hydrogen-bond donors (Lipinski definition) is 1. The first-order valence-electron chi connectivity index (χ1n) is 9.24. The van der Waals surface area contributed by atoms with Gasteiger partial charge in [0.15, 0.2) is 0 Å². The van der Waals surface area contributed by atoms with Crippen LogP contribution in [0.2, 0.25) is 0 Å². The van der Waals surface area contributed by atoms with Crippen molar-refractivity contribution >= 4 is 0 Å². The predicted molar refractivity (Wildman–Crippen MR) is 97.7 cm³/mol. The van der Waals surface area contributed by atoms with Crippen LogP contribution in [0.15, 0.2) is 54.6 Å². The normalized spacial score (nSPS) is 30.2. The molecule has 24 heavy (non-hydrogen) atoms. The predicted octanol–water partition coefficient (Wildman–Crippen LogP) is 4.40. The Kier molecular flexibility index (Phi) is 4.19. The lowest BCUT2D eigenvalue weighted by Crippen LogP contribution is -2.56. The molecular weight excluding hydrogens is 294 g/mol. The molecule has 2 aliphatic rings. The Morgan fingerprint density at radius 3 is 2.25 bits per heavy atom. The number of nitrogens with zero attached hydrogens (tertiary/aromatic N) is 1. The summed E-state index contributed by atoms with van der Waals surface area (Å²) in [6.07, 6.45) is 5.43. The van der Waals surface area contributed by atoms with Crippen molar-refractivity contribution in [2.45, 2.75) is 63.3 Å². The number of benzene rings is 2. The molecule has 2 nitrogen and oxygen atoms in total. The van der Waals surface area contributed by atoms with Crippen molar-refractivity contribution in [1.29, 1.82) is 0 Å². The summed E-state index contributed by atoms with van der Waals surface area (Å²) in [7, 11) is 0. The van der Waals surface area contributed by atoms with Gasteiger partial charge in [0.25, 0.3) is 0 Å². The lowest BCUT2D eigenvalue weighted by Gasteiger charge is -2.52. The number of aliphatic hydroxyl groups is 1. The maximum absolute atomic E-state index is 11.5. The molecule has 2 bridgehead atoms. The summed E-state index contributed by atoms with van der Waals surface area (Å²) >= 11 is 0. The van der Waals surface area contributed by atoms with Crippen LogP contribution in [0, 0.1) is 6.92 Å². The third-order valence-corrected chi connectivity index (χ3v) is 6.01. The van der Waals surface area contributed by atoms with Gasteiger partial charge in [0, 0.05) is 18.6 Å². The molecule has 2 aliphatic heterocycles. The summed E-state index contributed by atoms with van der Waals surface area (Å²) < 4.78 is 0. The van der Waals surface area contributed by atoms with E-state index in [1.54, 1.807) is 0 Å². The van der Waals surface area contributed by atoms with Crippen LogP contribution < -0.4 is 0 Å². The van der Waals surface area contributed by atoms with Crippen LogP contribution in [0.3, 0.4) is 0 Å². The lowest BCUT2D eigenvalue weighted by atomic mass is 9.71. The van der Waals surface area contributed by atoms with Gasteiger partial charge < -0.3 is 5.11 Å². The molecule has 2 aromatic carbocycles. The van der Waals surface area contributed by atoms with Gasteiger partial charge in [-0.05, 0) is 49.3 Å². The second-order valence-corrected chi connectivity index (χ2v) is 7.65. The minimum Gasteiger partial charge on any atom is -0.385 e. The fourth-order valence-corrected chi connectivity index (χ4v) is 4.89. The van der Waals surface area contributed by atoms with Crippen molar-refractivity contribution in [2.75, 3.05) is 0 Å². The zero-order valence-corrected chi connectivity index (χ0v) is 14.5. The summed E-state index contributed by atoms with van der Waals surface area (Å²) in [5.74, 6) is 0. The fourth-order valence-electron chi connectivity index (χ4n) is 4.89. The summed E-state index contributed by atoms with van der Waals surface area (Å²) in [6, 6.07) is 20.1. The molecule has 2 atom stereocenters. The topological polar surface area (TPSA) is 23.5 Å². The van der Waals surface area contributed by atoms with Crippen molar-refractivity contribution in [1.82, 2.24) is 4.90 Å². The van der Waals surface area contributed by atoms with Crippen LogP contribution in [0.5, 0.6) is 0 Å². The van der Waals surface area contributed by atoms with Gasteiger partial charge in [0.1, 0.15) is 0 Å². The molecule has 2 unspecified atom stereocenters. The Labute approximate surface area is 145 Å². The van der Waals surface area contributed by atoms with E-state index in [4.69, 9.17) is 0 Å². The van der Waals surface area contributed by atoms with Gasteiger partial charge >= 0.3 is 0 Å². The van der Waals surface area contributed by atoms with Gasteiger partial charge in [0.2, 0.25) is 0 Å². The van der Waals surface area contributed by atoms with Gasteiger partial charge in [0.05, 0.1) is 5.60 Å². The van der Waals surface area contributed by atoms with Crippen molar-refractivity contribution in [3.63, 3.8) is 0 Å². The molecule has 0 radical (unpaired) electrons. The Morgan fingerprint density at radius 2 is 1.58 bits per heavy atom. The van der Waals surface area contributed by atoms with Gasteiger partial charge in [-0.15, -0.1) is 0 Å². The Morgan fingerprint density at radius 1 is 0.958 bits per heavy atom. The molecule has 0 amide bonds. The first-order chi connectivity index (χ1) is 11.7. The van der Waals surface area contributed by atoms with Crippen LogP contribution in [-0.4, -0.2) is 22.1 Å². The lowest BCUT2D eigenvalue weighted by molar-refractivity contribution is -0.100. The molecule has 0 aliphatic carbocycles. The van der Waals surface area contributed by atoms with E-state index in [9.17, 15) is 5.11 Å². The SMILES string of the molecule is Cc1ccccc1C1(O)CC2CCCC(C1)N2Cc1ccccc1. The molecule has 0 saturated carbocycles. The molecule has 0 aromatic heterocycles. The minimum absolute atomic E-state index is 0.488. The molecule has 2 saturated heterocycles. The van der Waals surface area contributed by atoms with E-state index in [0.717, 1.165) is 24.9 Å². The highest BCUT2D eigenvalue weighted by Gasteiger charge is 2.46. The van der Waals surface area contributed by atoms with Gasteiger partial charge in [-0.1, -0.05) is 61.0 Å². The van der Waals surface area contributed by atoms with E-state index in [1.165, 1.54) is 30.4 Å². The monoisotopic (exact) mass is 321 g/mol. The van der Waals surface area contributed by atoms with Crippen molar-refractivity contribution in [3.8, 4) is 0 Å². The van der Waals surface area contributed by atoms with Crippen LogP contribution in [0.1, 0.15) is 48.8 Å². The highest BCUT2D eigenvalue weighted by molar-refractivity contribution is 5.32. The smallest absolute Gasteiger partial charge is 0.0928 e. The molecule has 2 aromatic rings. The zero-order valence-electron chi connectivity index (χ0n) is 14.5. The van der Waals surface area contributed by atoms with Gasteiger partial charge in [-0.3, -0.25) is 4.90 Å². The summed E-state index contributed by atoms with van der Waals surface area (Å²) in [5, 5.41) is 11.5. The van der Waals surface area contributed by atoms with Crippen molar-refractivity contribution in [3.05, 3.63) is 71.3 Å². The van der Waals surface area contributed by atoms with Gasteiger partial charge in [-0.2, -0.15) is 0 Å². The maximum Gasteiger partial charge on any atom is 0.0928 e. The van der Waals surface area contributed by atoms with Crippen molar-refractivity contribution in [2.24, 2.45) is 0 Å². The molecule has 2 fully saturated rings. The van der Waals surface area contributed by atoms with E-state index < -0.39 is 5.60 Å². The number of hydrogen-bond acceptors (Lipinski definition) is 2. The van der Waals surface area contributed by atoms with E-state index in [1.807, 2.05) is 0 Å². The van der Waals surface area contributed by atoms with Crippen LogP contribution in [0.25, 0.3) is 0 Å². The zero-order chi connectivity index (χ0) is 16.6. The molecule has 2 heterocycles. The fraction of sp³-hybridized carbons (Fsp3) is 0.455. The Bertz CT molecular complexity index is 682.